The highest BCUT2D eigenvalue weighted by Gasteiger charge is 2.40. The third kappa shape index (κ3) is 4.93. The van der Waals surface area contributed by atoms with Crippen LogP contribution < -0.4 is 5.32 Å². The Morgan fingerprint density at radius 3 is 2.81 bits per heavy atom. The second kappa shape index (κ2) is 8.63. The number of amides is 1. The van der Waals surface area contributed by atoms with Gasteiger partial charge >= 0.3 is 0 Å². The van der Waals surface area contributed by atoms with Crippen molar-refractivity contribution in [3.8, 4) is 6.07 Å². The molecule has 0 radical (unpaired) electrons. The topological polar surface area (TPSA) is 65.2 Å². The van der Waals surface area contributed by atoms with Crippen molar-refractivity contribution in [1.82, 2.24) is 5.32 Å². The number of carbonyl (C=O) groups is 1. The fourth-order valence-corrected chi connectivity index (χ4v) is 3.35. The molecule has 0 bridgehead atoms. The first-order valence-corrected chi connectivity index (χ1v) is 8.91. The summed E-state index contributed by atoms with van der Waals surface area (Å²) >= 11 is 1.33. The fourth-order valence-electron chi connectivity index (χ4n) is 2.30. The smallest absolute Gasteiger partial charge is 0.246 e. The third-order valence-corrected chi connectivity index (χ3v) is 5.06. The van der Waals surface area contributed by atoms with Gasteiger partial charge in [-0.2, -0.15) is 5.26 Å². The molecule has 2 atom stereocenters. The van der Waals surface area contributed by atoms with Gasteiger partial charge in [0.1, 0.15) is 10.6 Å². The Hall–Kier alpha value is -2.65. The lowest BCUT2D eigenvalue weighted by atomic mass is 10.1. The summed E-state index contributed by atoms with van der Waals surface area (Å²) in [5, 5.41) is 12.1. The van der Waals surface area contributed by atoms with Gasteiger partial charge in [0.15, 0.2) is 5.17 Å². The number of benzene rings is 1. The van der Waals surface area contributed by atoms with Crippen molar-refractivity contribution in [3.05, 3.63) is 72.1 Å². The number of hydrogen-bond donors (Lipinski definition) is 1. The molecule has 1 saturated heterocycles. The molecule has 1 N–H and O–H groups in total. The van der Waals surface area contributed by atoms with Crippen LogP contribution in [0.25, 0.3) is 0 Å². The number of carbonyl (C=O) groups excluding carboxylic acids is 1. The third-order valence-electron chi connectivity index (χ3n) is 3.91. The highest BCUT2D eigenvalue weighted by atomic mass is 32.2. The molecule has 1 aromatic carbocycles. The fraction of sp³-hybridized carbons (Fsp3) is 0.250. The van der Waals surface area contributed by atoms with Crippen molar-refractivity contribution in [1.29, 1.82) is 5.26 Å². The molecule has 6 heteroatoms. The zero-order chi connectivity index (χ0) is 19.2. The van der Waals surface area contributed by atoms with Crippen molar-refractivity contribution in [2.75, 3.05) is 0 Å². The number of amidine groups is 1. The Labute approximate surface area is 157 Å². The number of aliphatic imine (C=N–C) groups is 1. The molecule has 0 spiro atoms. The van der Waals surface area contributed by atoms with Gasteiger partial charge < -0.3 is 5.32 Å². The van der Waals surface area contributed by atoms with Crippen molar-refractivity contribution in [2.45, 2.75) is 31.1 Å². The van der Waals surface area contributed by atoms with E-state index >= 15 is 0 Å². The van der Waals surface area contributed by atoms with E-state index in [1.165, 1.54) is 23.9 Å². The van der Waals surface area contributed by atoms with Gasteiger partial charge in [-0.1, -0.05) is 54.8 Å². The van der Waals surface area contributed by atoms with Gasteiger partial charge in [0.25, 0.3) is 0 Å². The summed E-state index contributed by atoms with van der Waals surface area (Å²) in [7, 11) is 0. The molecule has 4 nitrogen and oxygen atoms in total. The molecule has 1 aliphatic rings. The first-order chi connectivity index (χ1) is 12.4. The highest BCUT2D eigenvalue weighted by molar-refractivity contribution is 8.16. The number of nitrogens with zero attached hydrogens (tertiary/aromatic N) is 2. The molecular formula is C20H20FN3OS. The Kier molecular flexibility index (Phi) is 6.53. The number of hydrogen-bond acceptors (Lipinski definition) is 4. The van der Waals surface area contributed by atoms with Crippen LogP contribution in [-0.2, 0) is 4.79 Å². The largest absolute Gasteiger partial charge is 0.304 e. The standard InChI is InChI=1S/C20H20FN3OS/c1-4-15(11-13-22)6-5-12-20(3)18(25)24-19(26-20)23-14(2)16-7-9-17(21)10-8-16/h4-10,12,14H,1,11H2,2-3H3,(H,23,24,25)/b12-5+,15-6+/t14-,20?/m0/s1. The Bertz CT molecular complexity index is 820. The van der Waals surface area contributed by atoms with Crippen LogP contribution in [0.15, 0.2) is 65.7 Å². The predicted molar refractivity (Wildman–Crippen MR) is 104 cm³/mol. The lowest BCUT2D eigenvalue weighted by Crippen LogP contribution is -2.32. The zero-order valence-electron chi connectivity index (χ0n) is 14.7. The summed E-state index contributed by atoms with van der Waals surface area (Å²) in [6.45, 7) is 7.36. The first kappa shape index (κ1) is 19.7. The van der Waals surface area contributed by atoms with Crippen molar-refractivity contribution in [2.24, 2.45) is 4.99 Å². The molecule has 0 aliphatic carbocycles. The average Bonchev–Trinajstić information content (AvgIpc) is 2.88. The SMILES string of the molecule is C=C/C(=C\C=C\C1(C)SC(=N[C@@H](C)c2ccc(F)cc2)NC1=O)CC#N. The highest BCUT2D eigenvalue weighted by Crippen LogP contribution is 2.34. The molecule has 26 heavy (non-hydrogen) atoms. The van der Waals surface area contributed by atoms with Gasteiger partial charge in [-0.3, -0.25) is 9.79 Å². The predicted octanol–water partition coefficient (Wildman–Crippen LogP) is 4.45. The van der Waals surface area contributed by atoms with E-state index in [0.717, 1.165) is 11.1 Å². The summed E-state index contributed by atoms with van der Waals surface area (Å²) in [6, 6.07) is 8.01. The molecule has 0 aromatic heterocycles. The molecule has 1 aliphatic heterocycles. The molecule has 0 saturated carbocycles. The summed E-state index contributed by atoms with van der Waals surface area (Å²) < 4.78 is 12.2. The Balaban J connectivity index is 2.12. The van der Waals surface area contributed by atoms with E-state index in [-0.39, 0.29) is 24.2 Å². The summed E-state index contributed by atoms with van der Waals surface area (Å²) in [5.41, 5.74) is 1.66. The van der Waals surface area contributed by atoms with E-state index in [2.05, 4.69) is 23.0 Å². The van der Waals surface area contributed by atoms with Crippen LogP contribution in [-0.4, -0.2) is 15.8 Å². The zero-order valence-corrected chi connectivity index (χ0v) is 15.5. The molecule has 1 unspecified atom stereocenters. The molecule has 134 valence electrons. The minimum atomic E-state index is -0.781. The van der Waals surface area contributed by atoms with Gasteiger partial charge in [0.2, 0.25) is 5.91 Å². The van der Waals surface area contributed by atoms with Crippen molar-refractivity contribution < 1.29 is 9.18 Å². The first-order valence-electron chi connectivity index (χ1n) is 8.09. The van der Waals surface area contributed by atoms with E-state index in [1.807, 2.05) is 6.92 Å². The molecule has 1 aromatic rings. The molecule has 1 heterocycles. The van der Waals surface area contributed by atoms with Gasteiger partial charge in [-0.05, 0) is 37.1 Å². The minimum Gasteiger partial charge on any atom is -0.304 e. The van der Waals surface area contributed by atoms with Crippen LogP contribution in [0.4, 0.5) is 4.39 Å². The van der Waals surface area contributed by atoms with Gasteiger partial charge in [-0.25, -0.2) is 4.39 Å². The van der Waals surface area contributed by atoms with Gasteiger partial charge in [0.05, 0.1) is 18.5 Å². The maximum absolute atomic E-state index is 13.0. The average molecular weight is 369 g/mol. The number of nitriles is 1. The van der Waals surface area contributed by atoms with Crippen LogP contribution in [0.2, 0.25) is 0 Å². The van der Waals surface area contributed by atoms with Crippen LogP contribution in [0.3, 0.4) is 0 Å². The van der Waals surface area contributed by atoms with Crippen LogP contribution >= 0.6 is 11.8 Å². The number of nitrogens with one attached hydrogen (secondary N) is 1. The van der Waals surface area contributed by atoms with E-state index in [4.69, 9.17) is 5.26 Å². The molecule has 1 fully saturated rings. The maximum atomic E-state index is 13.0. The monoisotopic (exact) mass is 369 g/mol. The second-order valence-corrected chi connectivity index (χ2v) is 7.40. The number of thioether (sulfide) groups is 1. The molecule has 2 rings (SSSR count). The molecular weight excluding hydrogens is 349 g/mol. The Morgan fingerprint density at radius 2 is 2.19 bits per heavy atom. The normalized spacial score (nSPS) is 23.1. The summed E-state index contributed by atoms with van der Waals surface area (Å²) in [6.07, 6.45) is 7.19. The lowest BCUT2D eigenvalue weighted by molar-refractivity contribution is -0.120. The van der Waals surface area contributed by atoms with Crippen LogP contribution in [0.1, 0.15) is 31.9 Å². The van der Waals surface area contributed by atoms with E-state index in [0.29, 0.717) is 5.17 Å². The van der Waals surface area contributed by atoms with E-state index in [9.17, 15) is 9.18 Å². The maximum Gasteiger partial charge on any atom is 0.246 e. The van der Waals surface area contributed by atoms with Gasteiger partial charge in [-0.15, -0.1) is 0 Å². The summed E-state index contributed by atoms with van der Waals surface area (Å²) in [4.78, 5) is 16.9. The van der Waals surface area contributed by atoms with E-state index < -0.39 is 4.75 Å². The number of rotatable bonds is 6. The lowest BCUT2D eigenvalue weighted by Gasteiger charge is -2.12. The van der Waals surface area contributed by atoms with Crippen LogP contribution in [0, 0.1) is 17.1 Å². The number of halogens is 1. The number of allylic oxidation sites excluding steroid dienone is 4. The quantitative estimate of drug-likeness (QED) is 0.754. The van der Waals surface area contributed by atoms with E-state index in [1.54, 1.807) is 43.4 Å². The van der Waals surface area contributed by atoms with Crippen LogP contribution in [0.5, 0.6) is 0 Å². The molecule has 1 amide bonds. The summed E-state index contributed by atoms with van der Waals surface area (Å²) in [5.74, 6) is -0.448. The van der Waals surface area contributed by atoms with Crippen molar-refractivity contribution in [3.63, 3.8) is 0 Å². The van der Waals surface area contributed by atoms with Gasteiger partial charge in [0, 0.05) is 0 Å². The minimum absolute atomic E-state index is 0.155. The van der Waals surface area contributed by atoms with Crippen molar-refractivity contribution >= 4 is 22.8 Å². The second-order valence-electron chi connectivity index (χ2n) is 5.96. The Morgan fingerprint density at radius 1 is 1.50 bits per heavy atom.